The van der Waals surface area contributed by atoms with Crippen molar-refractivity contribution >= 4 is 95.1 Å². The van der Waals surface area contributed by atoms with Gasteiger partial charge in [-0.25, -0.2) is 0 Å². The van der Waals surface area contributed by atoms with E-state index < -0.39 is 0 Å². The van der Waals surface area contributed by atoms with Gasteiger partial charge in [0, 0.05) is 72.7 Å². The number of benzene rings is 11. The van der Waals surface area contributed by atoms with Crippen molar-refractivity contribution in [2.24, 2.45) is 0 Å². The number of nitrogens with zero attached hydrogens (tertiary/aromatic N) is 3. The summed E-state index contributed by atoms with van der Waals surface area (Å²) in [4.78, 5) is 6.99. The maximum Gasteiger partial charge on any atom is 0.135 e. The number of rotatable bonds is 11. The molecule has 0 spiro atoms. The molecule has 13 rings (SSSR count). The van der Waals surface area contributed by atoms with E-state index in [0.29, 0.717) is 0 Å². The Morgan fingerprint density at radius 3 is 1.01 bits per heavy atom. The summed E-state index contributed by atoms with van der Waals surface area (Å²) in [6, 6.07) is 94.3. The van der Waals surface area contributed by atoms with E-state index in [0.717, 1.165) is 101 Å². The molecular weight excluding hydrogens is 879 g/mol. The predicted molar refractivity (Wildman–Crippen MR) is 301 cm³/mol. The molecule has 0 saturated carbocycles. The lowest BCUT2D eigenvalue weighted by atomic mass is 10.0. The van der Waals surface area contributed by atoms with Crippen molar-refractivity contribution in [3.05, 3.63) is 272 Å². The van der Waals surface area contributed by atoms with Crippen LogP contribution in [0.3, 0.4) is 0 Å². The maximum absolute atomic E-state index is 6.65. The van der Waals surface area contributed by atoms with Gasteiger partial charge in [0.25, 0.3) is 0 Å². The fraction of sp³-hybridized carbons (Fsp3) is 0.0149. The third kappa shape index (κ3) is 7.70. The SMILES string of the molecule is Cc1c(N(c2ccccc2)c2ccc(-c3ccccc3)cc2)ccc2oc3ccc(N(c4ccccc4)c4ccc5oc6ccc(N(c7ccccc7)c7ccc(-c8ccccc8)cc7)cc6c5c4)cc3c12. The highest BCUT2D eigenvalue weighted by Gasteiger charge is 2.23. The van der Waals surface area contributed by atoms with Gasteiger partial charge in [-0.05, 0) is 162 Å². The van der Waals surface area contributed by atoms with Crippen molar-refractivity contribution in [2.75, 3.05) is 14.7 Å². The number of para-hydroxylation sites is 3. The first-order valence-corrected chi connectivity index (χ1v) is 24.4. The quantitative estimate of drug-likeness (QED) is 0.129. The summed E-state index contributed by atoms with van der Waals surface area (Å²) in [7, 11) is 0. The molecule has 0 amide bonds. The molecular formula is C67H47N3O2. The van der Waals surface area contributed by atoms with Gasteiger partial charge < -0.3 is 23.5 Å². The average Bonchev–Trinajstić information content (AvgIpc) is 4.01. The average molecular weight is 926 g/mol. The molecule has 342 valence electrons. The van der Waals surface area contributed by atoms with Crippen molar-refractivity contribution in [1.29, 1.82) is 0 Å². The number of aryl methyl sites for hydroxylation is 1. The Morgan fingerprint density at radius 1 is 0.250 bits per heavy atom. The minimum Gasteiger partial charge on any atom is -0.456 e. The summed E-state index contributed by atoms with van der Waals surface area (Å²) >= 11 is 0. The zero-order valence-electron chi connectivity index (χ0n) is 39.6. The number of hydrogen-bond acceptors (Lipinski definition) is 5. The first-order chi connectivity index (χ1) is 35.6. The van der Waals surface area contributed by atoms with E-state index in [1.165, 1.54) is 22.3 Å². The second kappa shape index (κ2) is 18.1. The van der Waals surface area contributed by atoms with E-state index in [4.69, 9.17) is 8.83 Å². The van der Waals surface area contributed by atoms with Crippen molar-refractivity contribution in [1.82, 2.24) is 0 Å². The van der Waals surface area contributed by atoms with Crippen LogP contribution >= 0.6 is 0 Å². The van der Waals surface area contributed by atoms with Gasteiger partial charge in [-0.3, -0.25) is 0 Å². The van der Waals surface area contributed by atoms with Crippen LogP contribution in [-0.2, 0) is 0 Å². The summed E-state index contributed by atoms with van der Waals surface area (Å²) in [6.45, 7) is 2.22. The third-order valence-electron chi connectivity index (χ3n) is 13.8. The van der Waals surface area contributed by atoms with Crippen molar-refractivity contribution in [3.63, 3.8) is 0 Å². The molecule has 0 fully saturated rings. The van der Waals surface area contributed by atoms with Gasteiger partial charge in [-0.15, -0.1) is 0 Å². The Bertz CT molecular complexity index is 4020. The number of fused-ring (bicyclic) bond motifs is 6. The smallest absolute Gasteiger partial charge is 0.135 e. The number of hydrogen-bond donors (Lipinski definition) is 0. The first kappa shape index (κ1) is 42.5. The third-order valence-corrected chi connectivity index (χ3v) is 13.8. The second-order valence-corrected chi connectivity index (χ2v) is 18.2. The van der Waals surface area contributed by atoms with Crippen LogP contribution in [0.1, 0.15) is 5.56 Å². The summed E-state index contributed by atoms with van der Waals surface area (Å²) in [5, 5.41) is 4.20. The molecule has 13 aromatic rings. The molecule has 2 heterocycles. The van der Waals surface area contributed by atoms with Crippen LogP contribution in [0.4, 0.5) is 51.2 Å². The van der Waals surface area contributed by atoms with Gasteiger partial charge in [0.1, 0.15) is 22.3 Å². The number of anilines is 9. The van der Waals surface area contributed by atoms with E-state index in [1.807, 2.05) is 0 Å². The highest BCUT2D eigenvalue weighted by atomic mass is 16.3. The largest absolute Gasteiger partial charge is 0.456 e. The van der Waals surface area contributed by atoms with Crippen LogP contribution in [0, 0.1) is 6.92 Å². The topological polar surface area (TPSA) is 36.0 Å². The molecule has 0 bridgehead atoms. The predicted octanol–water partition coefficient (Wildman–Crippen LogP) is 19.5. The maximum atomic E-state index is 6.65. The standard InChI is InChI=1S/C67H47N3O2/c1-46-62(70(53-25-15-6-16-26-53)55-33-29-50(30-34-55)48-19-9-3-10-20-48)38-42-66-67(46)61-45-58(37-41-65(61)72-66)69(52-23-13-5-14-24-52)57-36-40-64-60(44-57)59-43-56(35-39-63(59)71-64)68(51-21-11-4-12-22-51)54-31-27-49(28-32-54)47-17-7-2-8-18-47/h2-45H,1H3. The molecule has 72 heavy (non-hydrogen) atoms. The van der Waals surface area contributed by atoms with Crippen LogP contribution in [0.15, 0.2) is 276 Å². The minimum atomic E-state index is 0.828. The first-order valence-electron chi connectivity index (χ1n) is 24.4. The van der Waals surface area contributed by atoms with E-state index >= 15 is 0 Å². The summed E-state index contributed by atoms with van der Waals surface area (Å²) in [5.74, 6) is 0. The molecule has 2 aromatic heterocycles. The lowest BCUT2D eigenvalue weighted by Crippen LogP contribution is -2.11. The van der Waals surface area contributed by atoms with E-state index in [2.05, 4.69) is 289 Å². The lowest BCUT2D eigenvalue weighted by Gasteiger charge is -2.27. The Morgan fingerprint density at radius 2 is 0.556 bits per heavy atom. The van der Waals surface area contributed by atoms with E-state index in [1.54, 1.807) is 0 Å². The molecule has 0 unspecified atom stereocenters. The van der Waals surface area contributed by atoms with Crippen molar-refractivity contribution in [3.8, 4) is 22.3 Å². The van der Waals surface area contributed by atoms with Crippen LogP contribution in [0.25, 0.3) is 66.1 Å². The molecule has 0 atom stereocenters. The van der Waals surface area contributed by atoms with E-state index in [9.17, 15) is 0 Å². The van der Waals surface area contributed by atoms with Crippen LogP contribution < -0.4 is 14.7 Å². The van der Waals surface area contributed by atoms with Gasteiger partial charge in [0.2, 0.25) is 0 Å². The Labute approximate surface area is 418 Å². The van der Waals surface area contributed by atoms with Gasteiger partial charge in [0.15, 0.2) is 0 Å². The van der Waals surface area contributed by atoms with Crippen molar-refractivity contribution in [2.45, 2.75) is 6.92 Å². The fourth-order valence-electron chi connectivity index (χ4n) is 10.3. The molecule has 5 nitrogen and oxygen atoms in total. The second-order valence-electron chi connectivity index (χ2n) is 18.2. The fourth-order valence-corrected chi connectivity index (χ4v) is 10.3. The van der Waals surface area contributed by atoms with Crippen LogP contribution in [0.2, 0.25) is 0 Å². The van der Waals surface area contributed by atoms with Crippen LogP contribution in [0.5, 0.6) is 0 Å². The Kier molecular flexibility index (Phi) is 10.7. The van der Waals surface area contributed by atoms with Gasteiger partial charge in [0.05, 0.1) is 0 Å². The molecule has 0 aliphatic carbocycles. The number of furan rings is 2. The summed E-state index contributed by atoms with van der Waals surface area (Å²) in [6.07, 6.45) is 0. The summed E-state index contributed by atoms with van der Waals surface area (Å²) < 4.78 is 13.2. The molecule has 5 heteroatoms. The van der Waals surface area contributed by atoms with Gasteiger partial charge >= 0.3 is 0 Å². The van der Waals surface area contributed by atoms with E-state index in [-0.39, 0.29) is 0 Å². The highest BCUT2D eigenvalue weighted by molar-refractivity contribution is 6.11. The highest BCUT2D eigenvalue weighted by Crippen LogP contribution is 2.46. The monoisotopic (exact) mass is 925 g/mol. The Hall–Kier alpha value is -9.58. The molecule has 0 saturated heterocycles. The zero-order valence-corrected chi connectivity index (χ0v) is 39.6. The molecule has 0 aliphatic rings. The molecule has 11 aromatic carbocycles. The molecule has 0 N–H and O–H groups in total. The minimum absolute atomic E-state index is 0.828. The van der Waals surface area contributed by atoms with Gasteiger partial charge in [-0.2, -0.15) is 0 Å². The molecule has 0 aliphatic heterocycles. The summed E-state index contributed by atoms with van der Waals surface area (Å²) in [5.41, 5.74) is 18.7. The normalized spacial score (nSPS) is 11.4. The molecule has 0 radical (unpaired) electrons. The van der Waals surface area contributed by atoms with Crippen molar-refractivity contribution < 1.29 is 8.83 Å². The van der Waals surface area contributed by atoms with Crippen LogP contribution in [-0.4, -0.2) is 0 Å². The lowest BCUT2D eigenvalue weighted by molar-refractivity contribution is 0.668. The Balaban J connectivity index is 0.918. The van der Waals surface area contributed by atoms with Gasteiger partial charge in [-0.1, -0.05) is 140 Å². The zero-order chi connectivity index (χ0) is 48.0.